The Bertz CT molecular complexity index is 603. The van der Waals surface area contributed by atoms with Gasteiger partial charge in [-0.15, -0.1) is 0 Å². The number of halogens is 2. The molecule has 1 N–H and O–H groups in total. The predicted octanol–water partition coefficient (Wildman–Crippen LogP) is 5.59. The van der Waals surface area contributed by atoms with Gasteiger partial charge in [-0.05, 0) is 61.1 Å². The largest absolute Gasteiger partial charge is 0.307 e. The second-order valence-electron chi connectivity index (χ2n) is 5.86. The van der Waals surface area contributed by atoms with E-state index in [1.807, 2.05) is 30.3 Å². The topological polar surface area (TPSA) is 12.0 Å². The minimum atomic E-state index is 0.333. The van der Waals surface area contributed by atoms with Crippen LogP contribution in [0.4, 0.5) is 0 Å². The highest BCUT2D eigenvalue weighted by molar-refractivity contribution is 6.30. The maximum atomic E-state index is 6.05. The van der Waals surface area contributed by atoms with Gasteiger partial charge in [0.2, 0.25) is 0 Å². The molecule has 0 unspecified atom stereocenters. The number of nitrogens with one attached hydrogen (secondary N) is 1. The highest BCUT2D eigenvalue weighted by Gasteiger charge is 2.31. The van der Waals surface area contributed by atoms with E-state index in [4.69, 9.17) is 23.2 Å². The van der Waals surface area contributed by atoms with Crippen molar-refractivity contribution < 1.29 is 0 Å². The van der Waals surface area contributed by atoms with E-state index in [-0.39, 0.29) is 0 Å². The zero-order valence-electron chi connectivity index (χ0n) is 12.0. The van der Waals surface area contributed by atoms with Crippen molar-refractivity contribution in [2.75, 3.05) is 0 Å². The lowest BCUT2D eigenvalue weighted by atomic mass is 9.75. The zero-order chi connectivity index (χ0) is 14.8. The number of rotatable bonds is 4. The van der Waals surface area contributed by atoms with Crippen molar-refractivity contribution in [1.82, 2.24) is 5.32 Å². The first-order valence-electron chi connectivity index (χ1n) is 7.39. The van der Waals surface area contributed by atoms with Gasteiger partial charge in [-0.2, -0.15) is 0 Å². The molecular formula is C18H19Cl2N. The van der Waals surface area contributed by atoms with E-state index in [1.54, 1.807) is 0 Å². The van der Waals surface area contributed by atoms with Gasteiger partial charge in [0.05, 0.1) is 0 Å². The van der Waals surface area contributed by atoms with Gasteiger partial charge in [-0.1, -0.05) is 47.5 Å². The van der Waals surface area contributed by atoms with Gasteiger partial charge in [0.25, 0.3) is 0 Å². The Hall–Kier alpha value is -1.02. The third-order valence-corrected chi connectivity index (χ3v) is 4.80. The molecule has 0 saturated heterocycles. The first-order valence-corrected chi connectivity index (χ1v) is 8.14. The Kier molecular flexibility index (Phi) is 4.54. The van der Waals surface area contributed by atoms with Crippen LogP contribution in [0.5, 0.6) is 0 Å². The van der Waals surface area contributed by atoms with Crippen molar-refractivity contribution in [3.05, 3.63) is 69.7 Å². The summed E-state index contributed by atoms with van der Waals surface area (Å²) < 4.78 is 0. The maximum absolute atomic E-state index is 6.05. The number of benzene rings is 2. The van der Waals surface area contributed by atoms with Gasteiger partial charge >= 0.3 is 0 Å². The van der Waals surface area contributed by atoms with E-state index >= 15 is 0 Å². The molecule has 1 aliphatic rings. The van der Waals surface area contributed by atoms with Crippen molar-refractivity contribution in [3.8, 4) is 0 Å². The standard InChI is InChI=1S/C18H19Cl2N/c1-12(14-3-2-4-17(20)9-14)21-18-10-15(11-18)13-5-7-16(19)8-6-13/h2-9,12,15,18,21H,10-11H2,1H3/t12-,15?,18?/m1/s1. The molecule has 1 saturated carbocycles. The zero-order valence-corrected chi connectivity index (χ0v) is 13.5. The van der Waals surface area contributed by atoms with Crippen LogP contribution >= 0.6 is 23.2 Å². The van der Waals surface area contributed by atoms with E-state index < -0.39 is 0 Å². The molecule has 1 fully saturated rings. The highest BCUT2D eigenvalue weighted by Crippen LogP contribution is 2.38. The molecule has 3 rings (SSSR count). The summed E-state index contributed by atoms with van der Waals surface area (Å²) in [7, 11) is 0. The monoisotopic (exact) mass is 319 g/mol. The molecule has 0 heterocycles. The Morgan fingerprint density at radius 2 is 1.71 bits per heavy atom. The molecule has 0 bridgehead atoms. The molecule has 0 radical (unpaired) electrons. The van der Waals surface area contributed by atoms with E-state index in [9.17, 15) is 0 Å². The SMILES string of the molecule is C[C@@H](NC1CC(c2ccc(Cl)cc2)C1)c1cccc(Cl)c1. The number of hydrogen-bond donors (Lipinski definition) is 1. The predicted molar refractivity (Wildman–Crippen MR) is 90.2 cm³/mol. The molecule has 0 aromatic heterocycles. The quantitative estimate of drug-likeness (QED) is 0.774. The van der Waals surface area contributed by atoms with Crippen molar-refractivity contribution in [3.63, 3.8) is 0 Å². The molecular weight excluding hydrogens is 301 g/mol. The summed E-state index contributed by atoms with van der Waals surface area (Å²) in [5, 5.41) is 5.29. The van der Waals surface area contributed by atoms with Crippen LogP contribution in [0.2, 0.25) is 10.0 Å². The van der Waals surface area contributed by atoms with Gasteiger partial charge in [0.15, 0.2) is 0 Å². The van der Waals surface area contributed by atoms with Gasteiger partial charge in [0.1, 0.15) is 0 Å². The van der Waals surface area contributed by atoms with Crippen molar-refractivity contribution in [2.24, 2.45) is 0 Å². The van der Waals surface area contributed by atoms with Crippen LogP contribution in [-0.4, -0.2) is 6.04 Å². The van der Waals surface area contributed by atoms with Gasteiger partial charge < -0.3 is 5.32 Å². The minimum Gasteiger partial charge on any atom is -0.307 e. The first kappa shape index (κ1) is 14.9. The minimum absolute atomic E-state index is 0.333. The molecule has 0 amide bonds. The van der Waals surface area contributed by atoms with Crippen LogP contribution in [0.25, 0.3) is 0 Å². The van der Waals surface area contributed by atoms with Crippen molar-refractivity contribution in [2.45, 2.75) is 37.8 Å². The summed E-state index contributed by atoms with van der Waals surface area (Å²) in [6.45, 7) is 2.20. The molecule has 110 valence electrons. The molecule has 0 aliphatic heterocycles. The van der Waals surface area contributed by atoms with Gasteiger partial charge in [0, 0.05) is 22.1 Å². The molecule has 3 heteroatoms. The summed E-state index contributed by atoms with van der Waals surface area (Å²) in [6.07, 6.45) is 2.37. The van der Waals surface area contributed by atoms with E-state index in [1.165, 1.54) is 24.0 Å². The molecule has 1 aliphatic carbocycles. The molecule has 1 nitrogen and oxygen atoms in total. The fraction of sp³-hybridized carbons (Fsp3) is 0.333. The average molecular weight is 320 g/mol. The lowest BCUT2D eigenvalue weighted by Crippen LogP contribution is -2.41. The highest BCUT2D eigenvalue weighted by atomic mass is 35.5. The van der Waals surface area contributed by atoms with E-state index in [0.29, 0.717) is 18.0 Å². The summed E-state index contributed by atoms with van der Waals surface area (Å²) in [4.78, 5) is 0. The summed E-state index contributed by atoms with van der Waals surface area (Å²) in [5.74, 6) is 0.659. The van der Waals surface area contributed by atoms with Crippen molar-refractivity contribution >= 4 is 23.2 Å². The Labute approximate surface area is 136 Å². The van der Waals surface area contributed by atoms with E-state index in [0.717, 1.165) is 10.0 Å². The summed E-state index contributed by atoms with van der Waals surface area (Å²) in [6, 6.07) is 17.2. The van der Waals surface area contributed by atoms with Crippen LogP contribution in [0.15, 0.2) is 48.5 Å². The number of hydrogen-bond acceptors (Lipinski definition) is 1. The van der Waals surface area contributed by atoms with Crippen LogP contribution in [-0.2, 0) is 0 Å². The maximum Gasteiger partial charge on any atom is 0.0409 e. The molecule has 0 spiro atoms. The molecule has 1 atom stereocenters. The van der Waals surface area contributed by atoms with Crippen LogP contribution < -0.4 is 5.32 Å². The fourth-order valence-electron chi connectivity index (χ4n) is 2.99. The third kappa shape index (κ3) is 3.60. The van der Waals surface area contributed by atoms with E-state index in [2.05, 4.69) is 30.4 Å². The van der Waals surface area contributed by atoms with Crippen LogP contribution in [0, 0.1) is 0 Å². The molecule has 21 heavy (non-hydrogen) atoms. The Morgan fingerprint density at radius 1 is 1.00 bits per heavy atom. The lowest BCUT2D eigenvalue weighted by Gasteiger charge is -2.38. The van der Waals surface area contributed by atoms with Crippen LogP contribution in [0.1, 0.15) is 42.9 Å². The Morgan fingerprint density at radius 3 is 2.38 bits per heavy atom. The average Bonchev–Trinajstić information content (AvgIpc) is 2.43. The second-order valence-corrected chi connectivity index (χ2v) is 6.73. The molecule has 2 aromatic rings. The van der Waals surface area contributed by atoms with Gasteiger partial charge in [-0.3, -0.25) is 0 Å². The smallest absolute Gasteiger partial charge is 0.0409 e. The Balaban J connectivity index is 1.54. The molecule has 2 aromatic carbocycles. The third-order valence-electron chi connectivity index (χ3n) is 4.31. The van der Waals surface area contributed by atoms with Crippen LogP contribution in [0.3, 0.4) is 0 Å². The lowest BCUT2D eigenvalue weighted by molar-refractivity contribution is 0.271. The first-order chi connectivity index (χ1) is 10.1. The second kappa shape index (κ2) is 6.39. The summed E-state index contributed by atoms with van der Waals surface area (Å²) >= 11 is 12.0. The summed E-state index contributed by atoms with van der Waals surface area (Å²) in [5.41, 5.74) is 2.64. The van der Waals surface area contributed by atoms with Gasteiger partial charge in [-0.25, -0.2) is 0 Å². The van der Waals surface area contributed by atoms with Crippen molar-refractivity contribution in [1.29, 1.82) is 0 Å². The normalized spacial score (nSPS) is 22.6. The fourth-order valence-corrected chi connectivity index (χ4v) is 3.31.